The van der Waals surface area contributed by atoms with Crippen molar-refractivity contribution in [3.05, 3.63) is 54.6 Å². The predicted molar refractivity (Wildman–Crippen MR) is 69.6 cm³/mol. The van der Waals surface area contributed by atoms with Crippen LogP contribution in [0.3, 0.4) is 0 Å². The Hall–Kier alpha value is -2.21. The van der Waals surface area contributed by atoms with E-state index < -0.39 is 9.84 Å². The Morgan fingerprint density at radius 2 is 1.84 bits per heavy atom. The number of fused-ring (bicyclic) bond motifs is 1. The van der Waals surface area contributed by atoms with Crippen LogP contribution in [-0.2, 0) is 9.84 Å². The van der Waals surface area contributed by atoms with E-state index in [9.17, 15) is 8.42 Å². The standard InChI is InChI=1S/C13H11N3O2S/c1-10-2-4-11(5-3-10)19(17,18)13-9-14-8-12-15-6-7-16(12)13/h2-9H,1H3. The first-order valence-corrected chi connectivity index (χ1v) is 7.16. The zero-order valence-electron chi connectivity index (χ0n) is 10.2. The topological polar surface area (TPSA) is 64.3 Å². The number of aryl methyl sites for hydroxylation is 1. The van der Waals surface area contributed by atoms with Gasteiger partial charge >= 0.3 is 0 Å². The van der Waals surface area contributed by atoms with Gasteiger partial charge in [-0.2, -0.15) is 0 Å². The minimum Gasteiger partial charge on any atom is -0.287 e. The van der Waals surface area contributed by atoms with Crippen molar-refractivity contribution in [2.24, 2.45) is 0 Å². The summed E-state index contributed by atoms with van der Waals surface area (Å²) in [4.78, 5) is 8.22. The first-order valence-electron chi connectivity index (χ1n) is 5.68. The number of rotatable bonds is 2. The molecular weight excluding hydrogens is 262 g/mol. The van der Waals surface area contributed by atoms with Crippen molar-refractivity contribution >= 4 is 15.5 Å². The van der Waals surface area contributed by atoms with Gasteiger partial charge in [-0.15, -0.1) is 0 Å². The molecule has 0 amide bonds. The molecule has 0 N–H and O–H groups in total. The van der Waals surface area contributed by atoms with Gasteiger partial charge in [-0.25, -0.2) is 13.4 Å². The number of nitrogens with zero attached hydrogens (tertiary/aromatic N) is 3. The minimum atomic E-state index is -3.59. The first kappa shape index (κ1) is 11.9. The van der Waals surface area contributed by atoms with E-state index in [4.69, 9.17) is 0 Å². The van der Waals surface area contributed by atoms with Crippen molar-refractivity contribution in [1.29, 1.82) is 0 Å². The second-order valence-corrected chi connectivity index (χ2v) is 6.11. The molecular formula is C13H11N3O2S. The molecule has 2 heterocycles. The van der Waals surface area contributed by atoms with Gasteiger partial charge in [-0.3, -0.25) is 9.38 Å². The highest BCUT2D eigenvalue weighted by Gasteiger charge is 2.21. The van der Waals surface area contributed by atoms with Crippen LogP contribution in [0.4, 0.5) is 0 Å². The molecule has 0 spiro atoms. The summed E-state index contributed by atoms with van der Waals surface area (Å²) < 4.78 is 26.7. The minimum absolute atomic E-state index is 0.117. The lowest BCUT2D eigenvalue weighted by molar-refractivity contribution is 0.590. The quantitative estimate of drug-likeness (QED) is 0.715. The normalized spacial score (nSPS) is 11.8. The van der Waals surface area contributed by atoms with Gasteiger partial charge in [0.05, 0.1) is 17.3 Å². The monoisotopic (exact) mass is 273 g/mol. The van der Waals surface area contributed by atoms with Crippen LogP contribution in [0.1, 0.15) is 5.56 Å². The second-order valence-electron chi connectivity index (χ2n) is 4.22. The molecule has 5 nitrogen and oxygen atoms in total. The smallest absolute Gasteiger partial charge is 0.223 e. The van der Waals surface area contributed by atoms with Crippen LogP contribution in [0, 0.1) is 6.92 Å². The summed E-state index contributed by atoms with van der Waals surface area (Å²) in [7, 11) is -3.59. The molecule has 0 aliphatic rings. The Morgan fingerprint density at radius 3 is 2.58 bits per heavy atom. The van der Waals surface area contributed by atoms with E-state index in [1.54, 1.807) is 36.7 Å². The fourth-order valence-electron chi connectivity index (χ4n) is 1.86. The number of hydrogen-bond acceptors (Lipinski definition) is 4. The highest BCUT2D eigenvalue weighted by Crippen LogP contribution is 2.21. The van der Waals surface area contributed by atoms with Gasteiger partial charge < -0.3 is 0 Å². The van der Waals surface area contributed by atoms with Crippen molar-refractivity contribution in [3.8, 4) is 0 Å². The molecule has 1 aromatic carbocycles. The number of sulfone groups is 1. The maximum absolute atomic E-state index is 12.6. The van der Waals surface area contributed by atoms with Gasteiger partial charge in [0.25, 0.3) is 0 Å². The molecule has 6 heteroatoms. The predicted octanol–water partition coefficient (Wildman–Crippen LogP) is 1.87. The van der Waals surface area contributed by atoms with Gasteiger partial charge in [-0.05, 0) is 19.1 Å². The summed E-state index contributed by atoms with van der Waals surface area (Å²) >= 11 is 0. The lowest BCUT2D eigenvalue weighted by atomic mass is 10.2. The Labute approximate surface area is 110 Å². The third kappa shape index (κ3) is 1.90. The van der Waals surface area contributed by atoms with Crippen LogP contribution in [0.15, 0.2) is 59.0 Å². The van der Waals surface area contributed by atoms with Crippen LogP contribution < -0.4 is 0 Å². The van der Waals surface area contributed by atoms with Crippen molar-refractivity contribution in [3.63, 3.8) is 0 Å². The molecule has 0 saturated heterocycles. The van der Waals surface area contributed by atoms with Gasteiger partial charge in [0.2, 0.25) is 9.84 Å². The molecule has 0 unspecified atom stereocenters. The Bertz CT molecular complexity index is 836. The molecule has 0 radical (unpaired) electrons. The van der Waals surface area contributed by atoms with Crippen LogP contribution in [-0.4, -0.2) is 22.8 Å². The molecule has 0 bridgehead atoms. The molecule has 2 aromatic heterocycles. The lowest BCUT2D eigenvalue weighted by Gasteiger charge is -2.06. The molecule has 3 aromatic rings. The van der Waals surface area contributed by atoms with Gasteiger partial charge in [-0.1, -0.05) is 17.7 Å². The fourth-order valence-corrected chi connectivity index (χ4v) is 3.21. The zero-order chi connectivity index (χ0) is 13.5. The van der Waals surface area contributed by atoms with Gasteiger partial charge in [0, 0.05) is 12.4 Å². The van der Waals surface area contributed by atoms with E-state index >= 15 is 0 Å². The van der Waals surface area contributed by atoms with Crippen LogP contribution in [0.25, 0.3) is 5.65 Å². The van der Waals surface area contributed by atoms with E-state index in [0.717, 1.165) is 5.56 Å². The summed E-state index contributed by atoms with van der Waals surface area (Å²) in [5.41, 5.74) is 1.52. The average molecular weight is 273 g/mol. The second kappa shape index (κ2) is 4.17. The lowest BCUT2D eigenvalue weighted by Crippen LogP contribution is -2.08. The molecule has 3 rings (SSSR count). The van der Waals surface area contributed by atoms with Gasteiger partial charge in [0.15, 0.2) is 10.7 Å². The third-order valence-corrected chi connectivity index (χ3v) is 4.63. The van der Waals surface area contributed by atoms with Crippen LogP contribution in [0.2, 0.25) is 0 Å². The average Bonchev–Trinajstić information content (AvgIpc) is 2.87. The number of imidazole rings is 1. The molecule has 0 fully saturated rings. The molecule has 96 valence electrons. The van der Waals surface area contributed by atoms with Crippen molar-refractivity contribution in [1.82, 2.24) is 14.4 Å². The number of benzene rings is 1. The molecule has 0 saturated carbocycles. The summed E-state index contributed by atoms with van der Waals surface area (Å²) in [6.45, 7) is 1.91. The number of hydrogen-bond donors (Lipinski definition) is 0. The van der Waals surface area contributed by atoms with E-state index in [0.29, 0.717) is 5.65 Å². The first-order chi connectivity index (χ1) is 9.09. The summed E-state index contributed by atoms with van der Waals surface area (Å²) in [5, 5.41) is 0.117. The van der Waals surface area contributed by atoms with E-state index in [1.165, 1.54) is 16.8 Å². The zero-order valence-corrected chi connectivity index (χ0v) is 11.0. The molecule has 0 atom stereocenters. The van der Waals surface area contributed by atoms with Gasteiger partial charge in [0.1, 0.15) is 0 Å². The van der Waals surface area contributed by atoms with E-state index in [-0.39, 0.29) is 9.92 Å². The maximum Gasteiger partial charge on any atom is 0.223 e. The Morgan fingerprint density at radius 1 is 1.11 bits per heavy atom. The van der Waals surface area contributed by atoms with Crippen LogP contribution >= 0.6 is 0 Å². The largest absolute Gasteiger partial charge is 0.287 e. The van der Waals surface area contributed by atoms with E-state index in [2.05, 4.69) is 9.97 Å². The van der Waals surface area contributed by atoms with Crippen molar-refractivity contribution < 1.29 is 8.42 Å². The Kier molecular flexibility index (Phi) is 2.60. The third-order valence-electron chi connectivity index (χ3n) is 2.89. The molecule has 0 aliphatic heterocycles. The van der Waals surface area contributed by atoms with Crippen molar-refractivity contribution in [2.45, 2.75) is 16.8 Å². The fraction of sp³-hybridized carbons (Fsp3) is 0.0769. The SMILES string of the molecule is Cc1ccc(S(=O)(=O)c2cncc3nccn23)cc1. The van der Waals surface area contributed by atoms with Crippen LogP contribution in [0.5, 0.6) is 0 Å². The summed E-state index contributed by atoms with van der Waals surface area (Å²) in [6, 6.07) is 6.74. The maximum atomic E-state index is 12.6. The highest BCUT2D eigenvalue weighted by atomic mass is 32.2. The van der Waals surface area contributed by atoms with Crippen molar-refractivity contribution in [2.75, 3.05) is 0 Å². The highest BCUT2D eigenvalue weighted by molar-refractivity contribution is 7.91. The number of aromatic nitrogens is 3. The molecule has 19 heavy (non-hydrogen) atoms. The summed E-state index contributed by atoms with van der Waals surface area (Å²) in [5.74, 6) is 0. The summed E-state index contributed by atoms with van der Waals surface area (Å²) in [6.07, 6.45) is 6.02. The Balaban J connectivity index is 2.25. The van der Waals surface area contributed by atoms with E-state index in [1.807, 2.05) is 6.92 Å². The molecule has 0 aliphatic carbocycles.